The van der Waals surface area contributed by atoms with Gasteiger partial charge in [0, 0.05) is 0 Å². The van der Waals surface area contributed by atoms with Gasteiger partial charge in [0.2, 0.25) is 0 Å². The molecule has 9 heavy (non-hydrogen) atoms. The molecule has 0 aliphatic carbocycles. The van der Waals surface area contributed by atoms with Crippen LogP contribution in [-0.2, 0) is 0 Å². The van der Waals surface area contributed by atoms with Crippen molar-refractivity contribution in [2.24, 2.45) is 0 Å². The minimum atomic E-state index is -2.21. The summed E-state index contributed by atoms with van der Waals surface area (Å²) in [7, 11) is 0. The molecule has 0 saturated heterocycles. The van der Waals surface area contributed by atoms with Crippen LogP contribution in [0.15, 0.2) is 0 Å². The lowest BCUT2D eigenvalue weighted by atomic mass is 10.1. The zero-order chi connectivity index (χ0) is 7.65. The van der Waals surface area contributed by atoms with Crippen LogP contribution in [0.4, 0.5) is 0 Å². The second-order valence-corrected chi connectivity index (χ2v) is 2.28. The summed E-state index contributed by atoms with van der Waals surface area (Å²) in [5.74, 6) is -2.21. The van der Waals surface area contributed by atoms with Gasteiger partial charge in [-0.1, -0.05) is 0 Å². The predicted molar refractivity (Wildman–Crippen MR) is 30.5 cm³/mol. The van der Waals surface area contributed by atoms with Crippen molar-refractivity contribution < 1.29 is 20.4 Å². The van der Waals surface area contributed by atoms with Crippen LogP contribution in [0.25, 0.3) is 0 Å². The van der Waals surface area contributed by atoms with Crippen molar-refractivity contribution in [3.05, 3.63) is 0 Å². The molecule has 0 bridgehead atoms. The van der Waals surface area contributed by atoms with Crippen LogP contribution in [0.1, 0.15) is 13.8 Å². The van der Waals surface area contributed by atoms with Gasteiger partial charge in [0.25, 0.3) is 0 Å². The van der Waals surface area contributed by atoms with Crippen molar-refractivity contribution in [2.75, 3.05) is 0 Å². The fourth-order valence-electron chi connectivity index (χ4n) is 0.457. The highest BCUT2D eigenvalue weighted by molar-refractivity contribution is 4.73. The fraction of sp³-hybridized carbons (Fsp3) is 1.00. The summed E-state index contributed by atoms with van der Waals surface area (Å²) in [6.45, 7) is 2.28. The first kappa shape index (κ1) is 8.84. The lowest BCUT2D eigenvalue weighted by Crippen LogP contribution is -2.45. The maximum absolute atomic E-state index is 8.71. The Hall–Kier alpha value is -0.160. The molecule has 0 spiro atoms. The van der Waals surface area contributed by atoms with Gasteiger partial charge < -0.3 is 20.4 Å². The normalized spacial score (nSPS) is 19.3. The average Bonchev–Trinajstić information content (AvgIpc) is 1.62. The van der Waals surface area contributed by atoms with Crippen LogP contribution in [0, 0.1) is 0 Å². The van der Waals surface area contributed by atoms with Gasteiger partial charge >= 0.3 is 0 Å². The Morgan fingerprint density at radius 3 is 1.56 bits per heavy atom. The van der Waals surface area contributed by atoms with E-state index in [4.69, 9.17) is 20.4 Å². The minimum Gasteiger partial charge on any atom is -0.391 e. The molecular formula is C5H12O4. The van der Waals surface area contributed by atoms with Crippen molar-refractivity contribution in [2.45, 2.75) is 31.8 Å². The molecule has 2 unspecified atom stereocenters. The van der Waals surface area contributed by atoms with Crippen molar-refractivity contribution >= 4 is 0 Å². The summed E-state index contributed by atoms with van der Waals surface area (Å²) in [4.78, 5) is 0. The first-order valence-electron chi connectivity index (χ1n) is 2.66. The van der Waals surface area contributed by atoms with Crippen molar-refractivity contribution in [3.8, 4) is 0 Å². The summed E-state index contributed by atoms with van der Waals surface area (Å²) in [5.41, 5.74) is 0. The molecule has 0 aromatic carbocycles. The van der Waals surface area contributed by atoms with Gasteiger partial charge in [-0.05, 0) is 13.8 Å². The highest BCUT2D eigenvalue weighted by Gasteiger charge is 2.30. The molecule has 0 rings (SSSR count). The molecule has 4 heteroatoms. The van der Waals surface area contributed by atoms with E-state index < -0.39 is 18.0 Å². The predicted octanol–water partition coefficient (Wildman–Crippen LogP) is -1.57. The molecule has 0 aromatic heterocycles. The molecule has 4 N–H and O–H groups in total. The monoisotopic (exact) mass is 136 g/mol. The van der Waals surface area contributed by atoms with E-state index in [9.17, 15) is 0 Å². The summed E-state index contributed by atoms with van der Waals surface area (Å²) < 4.78 is 0. The third kappa shape index (κ3) is 2.76. The number of aliphatic hydroxyl groups is 4. The molecule has 0 fully saturated rings. The average molecular weight is 136 g/mol. The van der Waals surface area contributed by atoms with Crippen molar-refractivity contribution in [1.29, 1.82) is 0 Å². The maximum atomic E-state index is 8.71. The quantitative estimate of drug-likeness (QED) is 0.346. The Kier molecular flexibility index (Phi) is 2.57. The summed E-state index contributed by atoms with van der Waals surface area (Å²) in [6.07, 6.45) is -2.65. The number of hydrogen-bond acceptors (Lipinski definition) is 4. The first-order valence-corrected chi connectivity index (χ1v) is 2.66. The van der Waals surface area contributed by atoms with E-state index >= 15 is 0 Å². The Labute approximate surface area is 53.4 Å². The zero-order valence-corrected chi connectivity index (χ0v) is 5.44. The largest absolute Gasteiger partial charge is 0.391 e. The summed E-state index contributed by atoms with van der Waals surface area (Å²) >= 11 is 0. The number of hydrogen-bond donors (Lipinski definition) is 4. The molecular weight excluding hydrogens is 124 g/mol. The summed E-state index contributed by atoms with van der Waals surface area (Å²) in [6, 6.07) is 0. The summed E-state index contributed by atoms with van der Waals surface area (Å²) in [5, 5.41) is 34.5. The molecule has 56 valence electrons. The highest BCUT2D eigenvalue weighted by Crippen LogP contribution is 2.07. The van der Waals surface area contributed by atoms with Crippen LogP contribution < -0.4 is 0 Å². The SMILES string of the molecule is CC(O)C(O)C(C)(O)O. The van der Waals surface area contributed by atoms with Gasteiger partial charge in [-0.25, -0.2) is 0 Å². The molecule has 0 saturated carbocycles. The lowest BCUT2D eigenvalue weighted by molar-refractivity contribution is -0.232. The Balaban J connectivity index is 3.88. The van der Waals surface area contributed by atoms with Gasteiger partial charge in [-0.2, -0.15) is 0 Å². The molecule has 0 aliphatic rings. The molecule has 0 heterocycles. The van der Waals surface area contributed by atoms with Gasteiger partial charge in [-0.3, -0.25) is 0 Å². The molecule has 0 radical (unpaired) electrons. The third-order valence-electron chi connectivity index (χ3n) is 1.02. The first-order chi connectivity index (χ1) is 3.85. The van der Waals surface area contributed by atoms with Crippen LogP contribution in [0.2, 0.25) is 0 Å². The number of aliphatic hydroxyl groups excluding tert-OH is 2. The van der Waals surface area contributed by atoms with Gasteiger partial charge in [0.15, 0.2) is 5.79 Å². The zero-order valence-electron chi connectivity index (χ0n) is 5.44. The van der Waals surface area contributed by atoms with E-state index in [2.05, 4.69) is 0 Å². The fourth-order valence-corrected chi connectivity index (χ4v) is 0.457. The van der Waals surface area contributed by atoms with Crippen molar-refractivity contribution in [1.82, 2.24) is 0 Å². The Morgan fingerprint density at radius 2 is 1.56 bits per heavy atom. The lowest BCUT2D eigenvalue weighted by Gasteiger charge is -2.24. The van der Waals surface area contributed by atoms with Crippen molar-refractivity contribution in [3.63, 3.8) is 0 Å². The van der Waals surface area contributed by atoms with Gasteiger partial charge in [0.1, 0.15) is 6.10 Å². The van der Waals surface area contributed by atoms with E-state index in [1.165, 1.54) is 6.92 Å². The Morgan fingerprint density at radius 1 is 1.22 bits per heavy atom. The van der Waals surface area contributed by atoms with E-state index in [1.54, 1.807) is 0 Å². The number of rotatable bonds is 2. The smallest absolute Gasteiger partial charge is 0.189 e. The van der Waals surface area contributed by atoms with E-state index in [0.717, 1.165) is 6.92 Å². The molecule has 0 aromatic rings. The maximum Gasteiger partial charge on any atom is 0.189 e. The van der Waals surface area contributed by atoms with E-state index in [0.29, 0.717) is 0 Å². The van der Waals surface area contributed by atoms with Crippen LogP contribution in [-0.4, -0.2) is 38.4 Å². The van der Waals surface area contributed by atoms with E-state index in [-0.39, 0.29) is 0 Å². The van der Waals surface area contributed by atoms with Crippen LogP contribution in [0.3, 0.4) is 0 Å². The molecule has 0 aliphatic heterocycles. The minimum absolute atomic E-state index is 1.00. The molecule has 4 nitrogen and oxygen atoms in total. The van der Waals surface area contributed by atoms with Crippen LogP contribution >= 0.6 is 0 Å². The Bertz CT molecular complexity index is 83.4. The second-order valence-electron chi connectivity index (χ2n) is 2.28. The third-order valence-corrected chi connectivity index (χ3v) is 1.02. The molecule has 0 amide bonds. The second kappa shape index (κ2) is 2.62. The van der Waals surface area contributed by atoms with Gasteiger partial charge in [0.05, 0.1) is 6.10 Å². The standard InChI is InChI=1S/C5H12O4/c1-3(6)4(7)5(2,8)9/h3-4,6-9H,1-2H3. The highest BCUT2D eigenvalue weighted by atomic mass is 16.5. The van der Waals surface area contributed by atoms with Gasteiger partial charge in [-0.15, -0.1) is 0 Å². The topological polar surface area (TPSA) is 80.9 Å². The molecule has 2 atom stereocenters. The van der Waals surface area contributed by atoms with Crippen LogP contribution in [0.5, 0.6) is 0 Å². The van der Waals surface area contributed by atoms with E-state index in [1.807, 2.05) is 0 Å².